The first kappa shape index (κ1) is 40.7. The Morgan fingerprint density at radius 3 is 2.41 bits per heavy atom. The number of carbonyl (C=O) groups is 4. The fourth-order valence-electron chi connectivity index (χ4n) is 6.56. The molecule has 0 radical (unpaired) electrons. The van der Waals surface area contributed by atoms with Crippen LogP contribution in [0.4, 0.5) is 4.79 Å². The Balaban J connectivity index is 1.43. The summed E-state index contributed by atoms with van der Waals surface area (Å²) >= 11 is 0. The third kappa shape index (κ3) is 9.24. The summed E-state index contributed by atoms with van der Waals surface area (Å²) in [6.45, 7) is 14.0. The van der Waals surface area contributed by atoms with Crippen LogP contribution in [0.3, 0.4) is 0 Å². The number of fused-ring (bicyclic) bond motifs is 1. The molecule has 1 aromatic carbocycles. The fraction of sp³-hybridized carbons (Fsp3) is 0.595. The minimum Gasteiger partial charge on any atom is -0.497 e. The van der Waals surface area contributed by atoms with Crippen LogP contribution in [-0.2, 0) is 38.3 Å². The van der Waals surface area contributed by atoms with E-state index in [4.69, 9.17) is 23.1 Å². The van der Waals surface area contributed by atoms with Gasteiger partial charge in [-0.2, -0.15) is 8.42 Å². The van der Waals surface area contributed by atoms with Gasteiger partial charge in [0.25, 0.3) is 5.91 Å². The van der Waals surface area contributed by atoms with Crippen LogP contribution in [-0.4, -0.2) is 104 Å². The highest BCUT2D eigenvalue weighted by atomic mass is 32.2. The third-order valence-corrected chi connectivity index (χ3v) is 10.9. The van der Waals surface area contributed by atoms with Crippen LogP contribution in [0.25, 0.3) is 10.8 Å². The number of alkyl carbamates (subject to hydrolysis) is 1. The van der Waals surface area contributed by atoms with Gasteiger partial charge in [-0.05, 0) is 75.1 Å². The predicted octanol–water partition coefficient (Wildman–Crippen LogP) is 3.15. The molecule has 4 amide bonds. The van der Waals surface area contributed by atoms with Crippen molar-refractivity contribution in [2.24, 2.45) is 11.3 Å². The molecule has 0 spiro atoms. The number of benzene rings is 1. The summed E-state index contributed by atoms with van der Waals surface area (Å²) in [6, 6.07) is 4.79. The van der Waals surface area contributed by atoms with Crippen LogP contribution < -0.4 is 24.8 Å². The average Bonchev–Trinajstić information content (AvgIpc) is 3.94. The van der Waals surface area contributed by atoms with E-state index in [1.54, 1.807) is 73.0 Å². The molecule has 1 aliphatic heterocycles. The number of methoxy groups -OCH3 is 2. The Labute approximate surface area is 315 Å². The summed E-state index contributed by atoms with van der Waals surface area (Å²) in [5.74, 6) is -2.02. The number of nitrogens with zero attached hydrogens (tertiary/aromatic N) is 2. The molecule has 1 aromatic heterocycles. The Bertz CT molecular complexity index is 1910. The second-order valence-corrected chi connectivity index (χ2v) is 17.4. The molecule has 3 aliphatic rings. The minimum atomic E-state index is -4.50. The molecule has 3 N–H and O–H groups in total. The highest BCUT2D eigenvalue weighted by Crippen LogP contribution is 2.46. The molecule has 5 atom stereocenters. The SMILES string of the molecule is C=C[C@@H]1C[C@]1(NC(=O)[C@@H]1CC(Oc2nccc3cc(OC)ccc23)CN1C(=O)[C@@H](NC(=O)OC(C)(C)COC)C(C)(C)C)C(=O)NS(=O)(=O)OC1(C)CC1. The van der Waals surface area contributed by atoms with Gasteiger partial charge in [-0.15, -0.1) is 6.58 Å². The smallest absolute Gasteiger partial charge is 0.408 e. The largest absolute Gasteiger partial charge is 0.497 e. The van der Waals surface area contributed by atoms with E-state index in [1.807, 2.05) is 10.8 Å². The lowest BCUT2D eigenvalue weighted by molar-refractivity contribution is -0.143. The maximum atomic E-state index is 14.6. The lowest BCUT2D eigenvalue weighted by atomic mass is 9.85. The van der Waals surface area contributed by atoms with Gasteiger partial charge < -0.3 is 34.5 Å². The van der Waals surface area contributed by atoms with E-state index >= 15 is 0 Å². The van der Waals surface area contributed by atoms with Gasteiger partial charge in [-0.1, -0.05) is 26.8 Å². The van der Waals surface area contributed by atoms with Crippen LogP contribution >= 0.6 is 0 Å². The summed E-state index contributed by atoms with van der Waals surface area (Å²) in [5.41, 5.74) is -4.43. The van der Waals surface area contributed by atoms with Crippen LogP contribution in [0.1, 0.15) is 67.2 Å². The van der Waals surface area contributed by atoms with Crippen molar-refractivity contribution in [2.45, 2.75) is 102 Å². The first-order valence-electron chi connectivity index (χ1n) is 17.8. The van der Waals surface area contributed by atoms with E-state index < -0.39 is 80.4 Å². The zero-order valence-electron chi connectivity index (χ0n) is 32.0. The van der Waals surface area contributed by atoms with Crippen LogP contribution in [0.5, 0.6) is 11.6 Å². The van der Waals surface area contributed by atoms with E-state index in [2.05, 4.69) is 22.2 Å². The van der Waals surface area contributed by atoms with Crippen molar-refractivity contribution < 1.29 is 50.7 Å². The summed E-state index contributed by atoms with van der Waals surface area (Å²) < 4.78 is 55.1. The van der Waals surface area contributed by atoms with Crippen molar-refractivity contribution in [1.82, 2.24) is 25.2 Å². The normalized spacial score (nSPS) is 23.9. The van der Waals surface area contributed by atoms with E-state index in [0.29, 0.717) is 24.0 Å². The number of pyridine rings is 1. The highest BCUT2D eigenvalue weighted by Gasteiger charge is 2.62. The number of carbonyl (C=O) groups excluding carboxylic acids is 4. The molecule has 17 heteroatoms. The van der Waals surface area contributed by atoms with Gasteiger partial charge in [0.1, 0.15) is 35.1 Å². The Morgan fingerprint density at radius 2 is 1.81 bits per heavy atom. The average molecular weight is 774 g/mol. The number of rotatable bonds is 15. The van der Waals surface area contributed by atoms with Crippen molar-refractivity contribution in [3.63, 3.8) is 0 Å². The molecule has 296 valence electrons. The molecular formula is C37H51N5O11S. The molecule has 0 bridgehead atoms. The van der Waals surface area contributed by atoms with Crippen molar-refractivity contribution in [1.29, 1.82) is 0 Å². The van der Waals surface area contributed by atoms with Gasteiger partial charge in [0.2, 0.25) is 17.7 Å². The second-order valence-electron chi connectivity index (χ2n) is 16.1. The van der Waals surface area contributed by atoms with E-state index in [1.165, 1.54) is 18.1 Å². The summed E-state index contributed by atoms with van der Waals surface area (Å²) in [7, 11) is -1.47. The van der Waals surface area contributed by atoms with Crippen molar-refractivity contribution in [2.75, 3.05) is 27.4 Å². The van der Waals surface area contributed by atoms with Gasteiger partial charge in [-0.3, -0.25) is 14.4 Å². The first-order valence-corrected chi connectivity index (χ1v) is 19.2. The van der Waals surface area contributed by atoms with Crippen molar-refractivity contribution >= 4 is 44.9 Å². The molecule has 3 fully saturated rings. The Morgan fingerprint density at radius 1 is 1.11 bits per heavy atom. The lowest BCUT2D eigenvalue weighted by Gasteiger charge is -2.36. The molecule has 2 heterocycles. The fourth-order valence-corrected chi connectivity index (χ4v) is 7.71. The van der Waals surface area contributed by atoms with Crippen molar-refractivity contribution in [3.05, 3.63) is 43.1 Å². The maximum absolute atomic E-state index is 14.6. The number of ether oxygens (including phenoxy) is 4. The van der Waals surface area contributed by atoms with E-state index in [9.17, 15) is 27.6 Å². The molecule has 16 nitrogen and oxygen atoms in total. The monoisotopic (exact) mass is 773 g/mol. The zero-order chi connectivity index (χ0) is 39.9. The molecule has 1 saturated heterocycles. The Hall–Kier alpha value is -4.48. The number of nitrogens with one attached hydrogen (secondary N) is 3. The number of likely N-dealkylation sites (tertiary alicyclic amines) is 1. The van der Waals surface area contributed by atoms with Crippen molar-refractivity contribution in [3.8, 4) is 11.6 Å². The molecule has 2 saturated carbocycles. The quantitative estimate of drug-likeness (QED) is 0.224. The van der Waals surface area contributed by atoms with E-state index in [-0.39, 0.29) is 31.9 Å². The van der Waals surface area contributed by atoms with Gasteiger partial charge >= 0.3 is 16.4 Å². The maximum Gasteiger partial charge on any atom is 0.408 e. The van der Waals surface area contributed by atoms with Crippen LogP contribution in [0, 0.1) is 11.3 Å². The van der Waals surface area contributed by atoms with Gasteiger partial charge in [0, 0.05) is 31.0 Å². The summed E-state index contributed by atoms with van der Waals surface area (Å²) in [4.78, 5) is 61.3. The zero-order valence-corrected chi connectivity index (χ0v) is 32.8. The van der Waals surface area contributed by atoms with Gasteiger partial charge in [-0.25, -0.2) is 18.7 Å². The minimum absolute atomic E-state index is 0.0236. The summed E-state index contributed by atoms with van der Waals surface area (Å²) in [5, 5.41) is 6.89. The van der Waals surface area contributed by atoms with Crippen LogP contribution in [0.15, 0.2) is 43.1 Å². The molecule has 2 aliphatic carbocycles. The number of hydrogen-bond acceptors (Lipinski definition) is 12. The number of hydrogen-bond donors (Lipinski definition) is 3. The van der Waals surface area contributed by atoms with Crippen LogP contribution in [0.2, 0.25) is 0 Å². The molecule has 2 aromatic rings. The third-order valence-electron chi connectivity index (χ3n) is 9.83. The second kappa shape index (κ2) is 15.0. The topological polar surface area (TPSA) is 201 Å². The summed E-state index contributed by atoms with van der Waals surface area (Å²) in [6.07, 6.45) is 2.49. The molecule has 1 unspecified atom stereocenters. The standard InChI is InChI=1S/C37H51N5O11S/c1-10-23-19-37(23,32(45)41-54(47,48)53-36(7)14-15-36)40-29(43)27-18-25(51-30-26-12-11-24(50-9)17-22(26)13-16-38-30)20-42(27)31(44)28(34(2,3)4)39-33(46)52-35(5,6)21-49-8/h10-13,16-17,23,25,27-28H,1,14-15,18-21H2,2-9H3,(H,39,46)(H,40,43)(H,41,45)/t23-,25?,27+,28-,37-/m1/s1. The Kier molecular flexibility index (Phi) is 11.3. The lowest BCUT2D eigenvalue weighted by Crippen LogP contribution is -2.60. The molecule has 5 rings (SSSR count). The first-order chi connectivity index (χ1) is 25.1. The van der Waals surface area contributed by atoms with Gasteiger partial charge in [0.15, 0.2) is 0 Å². The highest BCUT2D eigenvalue weighted by molar-refractivity contribution is 7.85. The number of amides is 4. The number of aromatic nitrogens is 1. The molecular weight excluding hydrogens is 722 g/mol. The molecule has 54 heavy (non-hydrogen) atoms. The predicted molar refractivity (Wildman–Crippen MR) is 197 cm³/mol. The van der Waals surface area contributed by atoms with E-state index in [0.717, 1.165) is 5.39 Å². The van der Waals surface area contributed by atoms with Gasteiger partial charge in [0.05, 0.1) is 25.9 Å².